The zero-order chi connectivity index (χ0) is 6.81. The van der Waals surface area contributed by atoms with Crippen molar-refractivity contribution in [3.63, 3.8) is 0 Å². The zero-order valence-corrected chi connectivity index (χ0v) is 8.36. The molecule has 2 aliphatic rings. The lowest BCUT2D eigenvalue weighted by Gasteiger charge is -2.19. The Balaban J connectivity index is 1.69. The fourth-order valence-electron chi connectivity index (χ4n) is 0.963. The van der Waals surface area contributed by atoms with Crippen LogP contribution in [0.4, 0.5) is 0 Å². The fourth-order valence-corrected chi connectivity index (χ4v) is 5.63. The van der Waals surface area contributed by atoms with Crippen LogP contribution in [0.5, 0.6) is 0 Å². The van der Waals surface area contributed by atoms with Crippen molar-refractivity contribution in [2.45, 2.75) is 22.7 Å². The second kappa shape index (κ2) is 3.63. The zero-order valence-electron chi connectivity index (χ0n) is 5.91. The summed E-state index contributed by atoms with van der Waals surface area (Å²) in [4.78, 5) is 0. The first kappa shape index (κ1) is 7.69. The maximum atomic E-state index is 2.23. The van der Waals surface area contributed by atoms with Crippen LogP contribution < -0.4 is 0 Å². The molecule has 0 aromatic carbocycles. The van der Waals surface area contributed by atoms with Crippen molar-refractivity contribution in [1.29, 1.82) is 0 Å². The molecule has 1 aliphatic carbocycles. The number of hydrogen-bond donors (Lipinski definition) is 0. The van der Waals surface area contributed by atoms with Crippen molar-refractivity contribution in [2.24, 2.45) is 0 Å². The Labute approximate surface area is 75.3 Å². The van der Waals surface area contributed by atoms with Crippen LogP contribution in [0.3, 0.4) is 0 Å². The molecule has 0 nitrogen and oxygen atoms in total. The summed E-state index contributed by atoms with van der Waals surface area (Å²) in [7, 11) is 0. The van der Waals surface area contributed by atoms with E-state index in [9.17, 15) is 0 Å². The van der Waals surface area contributed by atoms with Crippen molar-refractivity contribution in [2.75, 3.05) is 17.3 Å². The minimum absolute atomic E-state index is 0.936. The Morgan fingerprint density at radius 2 is 2.10 bits per heavy atom. The smallest absolute Gasteiger partial charge is 0.0595 e. The molecular weight excluding hydrogens is 180 g/mol. The van der Waals surface area contributed by atoms with Crippen LogP contribution in [-0.4, -0.2) is 27.1 Å². The standard InChI is InChI=1S/C7H12S3/c1-2-6(1)10-7-5-8-3-4-9-7/h6-7H,1-5H2. The lowest BCUT2D eigenvalue weighted by atomic mass is 10.9. The minimum atomic E-state index is 0.936. The summed E-state index contributed by atoms with van der Waals surface area (Å²) in [6.45, 7) is 0. The summed E-state index contributed by atoms with van der Waals surface area (Å²) in [5, 5.41) is 1.05. The third kappa shape index (κ3) is 2.28. The monoisotopic (exact) mass is 192 g/mol. The second-order valence-electron chi connectivity index (χ2n) is 2.71. The van der Waals surface area contributed by atoms with Gasteiger partial charge in [-0.25, -0.2) is 0 Å². The van der Waals surface area contributed by atoms with Gasteiger partial charge in [-0.2, -0.15) is 11.8 Å². The van der Waals surface area contributed by atoms with E-state index < -0.39 is 0 Å². The van der Waals surface area contributed by atoms with Gasteiger partial charge < -0.3 is 0 Å². The third-order valence-corrected chi connectivity index (χ3v) is 6.44. The molecule has 1 unspecified atom stereocenters. The van der Waals surface area contributed by atoms with Crippen LogP contribution in [0.2, 0.25) is 0 Å². The van der Waals surface area contributed by atoms with Gasteiger partial charge in [-0.3, -0.25) is 0 Å². The average molecular weight is 192 g/mol. The molecule has 0 amide bonds. The first-order valence-electron chi connectivity index (χ1n) is 3.80. The van der Waals surface area contributed by atoms with Gasteiger partial charge in [0, 0.05) is 22.5 Å². The summed E-state index contributed by atoms with van der Waals surface area (Å²) in [6.07, 6.45) is 2.98. The van der Waals surface area contributed by atoms with Crippen LogP contribution in [0, 0.1) is 0 Å². The van der Waals surface area contributed by atoms with Crippen LogP contribution in [-0.2, 0) is 0 Å². The predicted molar refractivity (Wildman–Crippen MR) is 54.2 cm³/mol. The van der Waals surface area contributed by atoms with Crippen LogP contribution in [0.1, 0.15) is 12.8 Å². The van der Waals surface area contributed by atoms with Crippen LogP contribution in [0.25, 0.3) is 0 Å². The number of hydrogen-bond acceptors (Lipinski definition) is 3. The largest absolute Gasteiger partial charge is 0.159 e. The Bertz CT molecular complexity index is 105. The molecule has 1 saturated carbocycles. The molecule has 1 heterocycles. The molecule has 1 aliphatic heterocycles. The Morgan fingerprint density at radius 3 is 2.70 bits per heavy atom. The van der Waals surface area contributed by atoms with Gasteiger partial charge >= 0.3 is 0 Å². The maximum Gasteiger partial charge on any atom is 0.0595 e. The Hall–Kier alpha value is 1.05. The van der Waals surface area contributed by atoms with Gasteiger partial charge in [-0.05, 0) is 12.8 Å². The third-order valence-electron chi connectivity index (χ3n) is 1.65. The van der Waals surface area contributed by atoms with Crippen LogP contribution >= 0.6 is 35.3 Å². The van der Waals surface area contributed by atoms with Gasteiger partial charge in [0.2, 0.25) is 0 Å². The SMILES string of the molecule is C1CSC(SC2CC2)CS1. The molecular formula is C7H12S3. The molecule has 3 heteroatoms. The molecule has 10 heavy (non-hydrogen) atoms. The van der Waals surface area contributed by atoms with E-state index in [0.717, 1.165) is 9.83 Å². The van der Waals surface area contributed by atoms with Crippen LogP contribution in [0.15, 0.2) is 0 Å². The molecule has 0 spiro atoms. The van der Waals surface area contributed by atoms with Gasteiger partial charge in [0.05, 0.1) is 4.58 Å². The van der Waals surface area contributed by atoms with E-state index in [4.69, 9.17) is 0 Å². The molecule has 2 rings (SSSR count). The fraction of sp³-hybridized carbons (Fsp3) is 1.00. The molecule has 0 aromatic heterocycles. The normalized spacial score (nSPS) is 34.2. The maximum absolute atomic E-state index is 2.23. The molecule has 0 bridgehead atoms. The molecule has 1 atom stereocenters. The highest BCUT2D eigenvalue weighted by Crippen LogP contribution is 2.43. The summed E-state index contributed by atoms with van der Waals surface area (Å²) in [5.41, 5.74) is 0. The van der Waals surface area contributed by atoms with Crippen molar-refractivity contribution >= 4 is 35.3 Å². The molecule has 2 fully saturated rings. The van der Waals surface area contributed by atoms with E-state index in [2.05, 4.69) is 35.3 Å². The lowest BCUT2D eigenvalue weighted by molar-refractivity contribution is 1.35. The topological polar surface area (TPSA) is 0 Å². The van der Waals surface area contributed by atoms with Gasteiger partial charge in [-0.15, -0.1) is 23.5 Å². The predicted octanol–water partition coefficient (Wildman–Crippen LogP) is 2.69. The summed E-state index contributed by atoms with van der Waals surface area (Å²) in [5.74, 6) is 4.16. The van der Waals surface area contributed by atoms with Gasteiger partial charge in [0.15, 0.2) is 0 Å². The highest BCUT2D eigenvalue weighted by atomic mass is 32.2. The quantitative estimate of drug-likeness (QED) is 0.660. The van der Waals surface area contributed by atoms with Gasteiger partial charge in [0.25, 0.3) is 0 Å². The van der Waals surface area contributed by atoms with E-state index >= 15 is 0 Å². The summed E-state index contributed by atoms with van der Waals surface area (Å²) >= 11 is 6.53. The highest BCUT2D eigenvalue weighted by Gasteiger charge is 2.27. The van der Waals surface area contributed by atoms with Crippen molar-refractivity contribution in [3.05, 3.63) is 0 Å². The Kier molecular flexibility index (Phi) is 2.79. The van der Waals surface area contributed by atoms with E-state index in [-0.39, 0.29) is 0 Å². The van der Waals surface area contributed by atoms with Gasteiger partial charge in [0.1, 0.15) is 0 Å². The first-order valence-corrected chi connectivity index (χ1v) is 6.94. The average Bonchev–Trinajstić information content (AvgIpc) is 2.74. The van der Waals surface area contributed by atoms with Crippen molar-refractivity contribution in [1.82, 2.24) is 0 Å². The van der Waals surface area contributed by atoms with Crippen molar-refractivity contribution < 1.29 is 0 Å². The molecule has 0 aromatic rings. The van der Waals surface area contributed by atoms with Gasteiger partial charge in [-0.1, -0.05) is 0 Å². The molecule has 0 radical (unpaired) electrons. The highest BCUT2D eigenvalue weighted by molar-refractivity contribution is 8.19. The van der Waals surface area contributed by atoms with E-state index in [0.29, 0.717) is 0 Å². The molecule has 58 valence electrons. The van der Waals surface area contributed by atoms with E-state index in [1.54, 1.807) is 0 Å². The van der Waals surface area contributed by atoms with E-state index in [1.165, 1.54) is 30.1 Å². The lowest BCUT2D eigenvalue weighted by Crippen LogP contribution is -2.10. The molecule has 0 N–H and O–H groups in total. The summed E-state index contributed by atoms with van der Waals surface area (Å²) < 4.78 is 0.936. The summed E-state index contributed by atoms with van der Waals surface area (Å²) in [6, 6.07) is 0. The van der Waals surface area contributed by atoms with Crippen molar-refractivity contribution in [3.8, 4) is 0 Å². The Morgan fingerprint density at radius 1 is 1.20 bits per heavy atom. The number of thioether (sulfide) groups is 3. The number of rotatable bonds is 2. The van der Waals surface area contributed by atoms with E-state index in [1.807, 2.05) is 0 Å². The molecule has 1 saturated heterocycles. The first-order chi connectivity index (χ1) is 4.95. The minimum Gasteiger partial charge on any atom is -0.159 e. The second-order valence-corrected chi connectivity index (χ2v) is 6.98.